The highest BCUT2D eigenvalue weighted by Gasteiger charge is 2.11. The molecule has 0 saturated carbocycles. The van der Waals surface area contributed by atoms with Crippen LogP contribution < -0.4 is 15.4 Å². The fraction of sp³-hybridized carbons (Fsp3) is 0.263. The maximum Gasteiger partial charge on any atom is 0.233 e. The molecular weight excluding hydrogens is 340 g/mol. The van der Waals surface area contributed by atoms with Crippen LogP contribution in [0.4, 0.5) is 5.69 Å². The molecule has 0 aromatic heterocycles. The Morgan fingerprint density at radius 3 is 2.64 bits per heavy atom. The molecule has 0 aliphatic rings. The third-order valence-corrected chi connectivity index (χ3v) is 3.94. The summed E-state index contributed by atoms with van der Waals surface area (Å²) in [6.07, 6.45) is 0.392. The molecule has 0 unspecified atom stereocenters. The summed E-state index contributed by atoms with van der Waals surface area (Å²) in [6, 6.07) is 12.8. The normalized spacial score (nSPS) is 10.2. The van der Waals surface area contributed by atoms with Gasteiger partial charge in [0.25, 0.3) is 0 Å². The van der Waals surface area contributed by atoms with Crippen LogP contribution in [0.2, 0.25) is 5.02 Å². The van der Waals surface area contributed by atoms with Crippen LogP contribution in [0, 0.1) is 6.92 Å². The molecular formula is C19H21ClN2O3. The number of aryl methyl sites for hydroxylation is 1. The van der Waals surface area contributed by atoms with E-state index in [4.69, 9.17) is 16.3 Å². The third kappa shape index (κ3) is 5.80. The van der Waals surface area contributed by atoms with Crippen LogP contribution in [0.3, 0.4) is 0 Å². The summed E-state index contributed by atoms with van der Waals surface area (Å²) in [6.45, 7) is 2.29. The van der Waals surface area contributed by atoms with Crippen molar-refractivity contribution in [3.8, 4) is 5.75 Å². The summed E-state index contributed by atoms with van der Waals surface area (Å²) < 4.78 is 5.27. The number of para-hydroxylation sites is 1. The van der Waals surface area contributed by atoms with Crippen molar-refractivity contribution < 1.29 is 14.3 Å². The Bertz CT molecular complexity index is 762. The quantitative estimate of drug-likeness (QED) is 0.744. The Morgan fingerprint density at radius 1 is 1.12 bits per heavy atom. The Morgan fingerprint density at radius 2 is 1.88 bits per heavy atom. The first kappa shape index (κ1) is 18.8. The van der Waals surface area contributed by atoms with Crippen molar-refractivity contribution >= 4 is 29.1 Å². The minimum absolute atomic E-state index is 0.238. The first-order valence-electron chi connectivity index (χ1n) is 7.94. The highest BCUT2D eigenvalue weighted by Crippen LogP contribution is 2.20. The molecule has 0 spiro atoms. The monoisotopic (exact) mass is 360 g/mol. The van der Waals surface area contributed by atoms with E-state index in [2.05, 4.69) is 10.6 Å². The SMILES string of the molecule is COc1ccccc1CCNC(=O)CC(=O)Nc1cc(Cl)ccc1C. The van der Waals surface area contributed by atoms with E-state index in [0.717, 1.165) is 16.9 Å². The van der Waals surface area contributed by atoms with Gasteiger partial charge in [-0.15, -0.1) is 0 Å². The van der Waals surface area contributed by atoms with Gasteiger partial charge in [0.15, 0.2) is 0 Å². The molecule has 0 bridgehead atoms. The van der Waals surface area contributed by atoms with E-state index >= 15 is 0 Å². The number of ether oxygens (including phenoxy) is 1. The van der Waals surface area contributed by atoms with Crippen molar-refractivity contribution in [1.29, 1.82) is 0 Å². The number of rotatable bonds is 7. The second kappa shape index (κ2) is 9.08. The maximum atomic E-state index is 12.0. The van der Waals surface area contributed by atoms with E-state index in [1.165, 1.54) is 0 Å². The lowest BCUT2D eigenvalue weighted by Gasteiger charge is -2.10. The molecule has 6 heteroatoms. The van der Waals surface area contributed by atoms with Gasteiger partial charge in [0.2, 0.25) is 11.8 Å². The van der Waals surface area contributed by atoms with E-state index in [9.17, 15) is 9.59 Å². The lowest BCUT2D eigenvalue weighted by molar-refractivity contribution is -0.126. The molecule has 25 heavy (non-hydrogen) atoms. The largest absolute Gasteiger partial charge is 0.496 e. The maximum absolute atomic E-state index is 12.0. The number of hydrogen-bond acceptors (Lipinski definition) is 3. The average molecular weight is 361 g/mol. The van der Waals surface area contributed by atoms with Gasteiger partial charge in [0, 0.05) is 17.3 Å². The topological polar surface area (TPSA) is 67.4 Å². The van der Waals surface area contributed by atoms with E-state index in [0.29, 0.717) is 23.7 Å². The fourth-order valence-electron chi connectivity index (χ4n) is 2.38. The molecule has 0 heterocycles. The van der Waals surface area contributed by atoms with E-state index in [1.807, 2.05) is 37.3 Å². The zero-order valence-electron chi connectivity index (χ0n) is 14.3. The van der Waals surface area contributed by atoms with E-state index in [-0.39, 0.29) is 18.2 Å². The lowest BCUT2D eigenvalue weighted by atomic mass is 10.1. The lowest BCUT2D eigenvalue weighted by Crippen LogP contribution is -2.29. The second-order valence-corrected chi connectivity index (χ2v) is 6.03. The number of carbonyl (C=O) groups excluding carboxylic acids is 2. The van der Waals surface area contributed by atoms with Gasteiger partial charge in [-0.3, -0.25) is 9.59 Å². The molecule has 0 saturated heterocycles. The van der Waals surface area contributed by atoms with E-state index in [1.54, 1.807) is 19.2 Å². The Balaban J connectivity index is 1.80. The highest BCUT2D eigenvalue weighted by molar-refractivity contribution is 6.31. The van der Waals surface area contributed by atoms with Gasteiger partial charge in [-0.1, -0.05) is 35.9 Å². The smallest absolute Gasteiger partial charge is 0.233 e. The van der Waals surface area contributed by atoms with Crippen molar-refractivity contribution in [3.05, 3.63) is 58.6 Å². The van der Waals surface area contributed by atoms with Crippen LogP contribution in [0.15, 0.2) is 42.5 Å². The van der Waals surface area contributed by atoms with Gasteiger partial charge in [-0.2, -0.15) is 0 Å². The number of benzene rings is 2. The highest BCUT2D eigenvalue weighted by atomic mass is 35.5. The molecule has 2 rings (SSSR count). The van der Waals surface area contributed by atoms with Crippen molar-refractivity contribution in [2.24, 2.45) is 0 Å². The van der Waals surface area contributed by atoms with Gasteiger partial charge in [0.05, 0.1) is 7.11 Å². The number of anilines is 1. The van der Waals surface area contributed by atoms with Crippen molar-refractivity contribution in [2.75, 3.05) is 19.0 Å². The Hall–Kier alpha value is -2.53. The predicted octanol–water partition coefficient (Wildman–Crippen LogP) is 3.34. The standard InChI is InChI=1S/C19H21ClN2O3/c1-13-7-8-15(20)11-16(13)22-19(24)12-18(23)21-10-9-14-5-3-4-6-17(14)25-2/h3-8,11H,9-10,12H2,1-2H3,(H,21,23)(H,22,24). The molecule has 2 amide bonds. The molecule has 5 nitrogen and oxygen atoms in total. The molecule has 0 aliphatic heterocycles. The third-order valence-electron chi connectivity index (χ3n) is 3.70. The van der Waals surface area contributed by atoms with Crippen LogP contribution in [0.5, 0.6) is 5.75 Å². The van der Waals surface area contributed by atoms with Gasteiger partial charge in [-0.05, 0) is 42.7 Å². The zero-order chi connectivity index (χ0) is 18.2. The first-order chi connectivity index (χ1) is 12.0. The molecule has 2 N–H and O–H groups in total. The number of nitrogens with one attached hydrogen (secondary N) is 2. The minimum Gasteiger partial charge on any atom is -0.496 e. The molecule has 2 aromatic carbocycles. The number of halogens is 1. The molecule has 0 radical (unpaired) electrons. The molecule has 0 fully saturated rings. The van der Waals surface area contributed by atoms with Crippen LogP contribution in [-0.2, 0) is 16.0 Å². The van der Waals surface area contributed by atoms with Crippen LogP contribution in [0.1, 0.15) is 17.5 Å². The average Bonchev–Trinajstić information content (AvgIpc) is 2.58. The summed E-state index contributed by atoms with van der Waals surface area (Å²) in [5.41, 5.74) is 2.50. The number of methoxy groups -OCH3 is 1. The first-order valence-corrected chi connectivity index (χ1v) is 8.32. The second-order valence-electron chi connectivity index (χ2n) is 5.60. The number of amides is 2. The van der Waals surface area contributed by atoms with Crippen LogP contribution >= 0.6 is 11.6 Å². The van der Waals surface area contributed by atoms with Gasteiger partial charge < -0.3 is 15.4 Å². The summed E-state index contributed by atoms with van der Waals surface area (Å²) in [7, 11) is 1.61. The Labute approximate surface area is 152 Å². The van der Waals surface area contributed by atoms with Crippen molar-refractivity contribution in [1.82, 2.24) is 5.32 Å². The van der Waals surface area contributed by atoms with Crippen molar-refractivity contribution in [2.45, 2.75) is 19.8 Å². The van der Waals surface area contributed by atoms with E-state index < -0.39 is 0 Å². The van der Waals surface area contributed by atoms with Crippen LogP contribution in [0.25, 0.3) is 0 Å². The minimum atomic E-state index is -0.375. The summed E-state index contributed by atoms with van der Waals surface area (Å²) in [5, 5.41) is 5.98. The van der Waals surface area contributed by atoms with Gasteiger partial charge >= 0.3 is 0 Å². The molecule has 2 aromatic rings. The Kier molecular flexibility index (Phi) is 6.83. The number of hydrogen-bond donors (Lipinski definition) is 2. The molecule has 132 valence electrons. The van der Waals surface area contributed by atoms with Crippen molar-refractivity contribution in [3.63, 3.8) is 0 Å². The molecule has 0 atom stereocenters. The predicted molar refractivity (Wildman–Crippen MR) is 99.1 cm³/mol. The van der Waals surface area contributed by atoms with Gasteiger partial charge in [-0.25, -0.2) is 0 Å². The summed E-state index contributed by atoms with van der Waals surface area (Å²) >= 11 is 5.92. The summed E-state index contributed by atoms with van der Waals surface area (Å²) in [5.74, 6) is 0.0816. The molecule has 0 aliphatic carbocycles. The zero-order valence-corrected chi connectivity index (χ0v) is 15.0. The van der Waals surface area contributed by atoms with Gasteiger partial charge in [0.1, 0.15) is 12.2 Å². The number of carbonyl (C=O) groups is 2. The van der Waals surface area contributed by atoms with Crippen LogP contribution in [-0.4, -0.2) is 25.5 Å². The summed E-state index contributed by atoms with van der Waals surface area (Å²) in [4.78, 5) is 23.9. The fourth-order valence-corrected chi connectivity index (χ4v) is 2.55.